The third-order valence-corrected chi connectivity index (χ3v) is 4.48. The molecule has 4 N–H and O–H groups in total. The third kappa shape index (κ3) is 2.53. The van der Waals surface area contributed by atoms with Crippen molar-refractivity contribution < 1.29 is 5.11 Å². The Labute approximate surface area is 126 Å². The molecule has 0 saturated heterocycles. The van der Waals surface area contributed by atoms with Crippen LogP contribution in [-0.2, 0) is 6.42 Å². The molecule has 0 fully saturated rings. The van der Waals surface area contributed by atoms with Crippen LogP contribution < -0.4 is 11.1 Å². The van der Waals surface area contributed by atoms with Crippen molar-refractivity contribution in [1.82, 2.24) is 5.32 Å². The van der Waals surface area contributed by atoms with Crippen LogP contribution >= 0.6 is 15.9 Å². The molecule has 104 valence electrons. The van der Waals surface area contributed by atoms with Gasteiger partial charge in [0.15, 0.2) is 0 Å². The van der Waals surface area contributed by atoms with Gasteiger partial charge in [0.05, 0.1) is 4.47 Å². The lowest BCUT2D eigenvalue weighted by Crippen LogP contribution is -2.20. The molecule has 0 radical (unpaired) electrons. The first kappa shape index (κ1) is 13.5. The van der Waals surface area contributed by atoms with Gasteiger partial charge in [0, 0.05) is 18.2 Å². The van der Waals surface area contributed by atoms with Crippen molar-refractivity contribution in [3.8, 4) is 5.75 Å². The average molecular weight is 333 g/mol. The maximum Gasteiger partial charge on any atom is 0.130 e. The van der Waals surface area contributed by atoms with Crippen LogP contribution in [0.1, 0.15) is 22.6 Å². The molecule has 0 aromatic heterocycles. The highest BCUT2D eigenvalue weighted by Crippen LogP contribution is 2.35. The van der Waals surface area contributed by atoms with E-state index in [4.69, 9.17) is 5.73 Å². The lowest BCUT2D eigenvalue weighted by Gasteiger charge is -2.19. The van der Waals surface area contributed by atoms with Gasteiger partial charge in [-0.2, -0.15) is 0 Å². The standard InChI is InChI=1S/C16H17BrN2O/c17-15-7-11-5-6-19-9-14(13(11)8-16(15)20)10-1-3-12(18)4-2-10/h1-4,7-8,14,19-20H,5-6,9,18H2. The van der Waals surface area contributed by atoms with Crippen LogP contribution in [0.4, 0.5) is 5.69 Å². The van der Waals surface area contributed by atoms with Gasteiger partial charge in [0.1, 0.15) is 5.75 Å². The van der Waals surface area contributed by atoms with E-state index < -0.39 is 0 Å². The molecule has 0 amide bonds. The normalized spacial score (nSPS) is 18.4. The molecule has 0 saturated carbocycles. The Bertz CT molecular complexity index is 625. The number of fused-ring (bicyclic) bond motifs is 1. The van der Waals surface area contributed by atoms with Crippen molar-refractivity contribution in [2.24, 2.45) is 0 Å². The fourth-order valence-corrected chi connectivity index (χ4v) is 3.16. The number of nitrogens with one attached hydrogen (secondary N) is 1. The SMILES string of the molecule is Nc1ccc(C2CNCCc3cc(Br)c(O)cc32)cc1. The smallest absolute Gasteiger partial charge is 0.130 e. The Kier molecular flexibility index (Phi) is 3.68. The number of benzene rings is 2. The Balaban J connectivity index is 2.09. The molecule has 20 heavy (non-hydrogen) atoms. The predicted molar refractivity (Wildman–Crippen MR) is 85.1 cm³/mol. The molecule has 3 rings (SSSR count). The van der Waals surface area contributed by atoms with E-state index >= 15 is 0 Å². The molecular formula is C16H17BrN2O. The quantitative estimate of drug-likeness (QED) is 0.703. The Morgan fingerprint density at radius 2 is 1.95 bits per heavy atom. The largest absolute Gasteiger partial charge is 0.507 e. The number of halogens is 1. The maximum absolute atomic E-state index is 9.99. The summed E-state index contributed by atoms with van der Waals surface area (Å²) in [4.78, 5) is 0. The van der Waals surface area contributed by atoms with E-state index in [0.717, 1.165) is 29.7 Å². The first-order valence-corrected chi connectivity index (χ1v) is 7.52. The molecule has 1 aliphatic heterocycles. The highest BCUT2D eigenvalue weighted by molar-refractivity contribution is 9.10. The topological polar surface area (TPSA) is 58.3 Å². The molecule has 0 bridgehead atoms. The fourth-order valence-electron chi connectivity index (χ4n) is 2.77. The number of nitrogen functional groups attached to an aromatic ring is 1. The zero-order valence-electron chi connectivity index (χ0n) is 11.1. The van der Waals surface area contributed by atoms with Crippen LogP contribution in [0.15, 0.2) is 40.9 Å². The number of aromatic hydroxyl groups is 1. The highest BCUT2D eigenvalue weighted by atomic mass is 79.9. The number of rotatable bonds is 1. The molecule has 1 atom stereocenters. The summed E-state index contributed by atoms with van der Waals surface area (Å²) in [5.41, 5.74) is 10.2. The number of hydrogen-bond acceptors (Lipinski definition) is 3. The summed E-state index contributed by atoms with van der Waals surface area (Å²) in [7, 11) is 0. The number of nitrogens with two attached hydrogens (primary N) is 1. The average Bonchev–Trinajstić information content (AvgIpc) is 2.63. The summed E-state index contributed by atoms with van der Waals surface area (Å²) in [6.07, 6.45) is 0.972. The van der Waals surface area contributed by atoms with Gasteiger partial charge in [0.2, 0.25) is 0 Å². The molecule has 3 nitrogen and oxygen atoms in total. The zero-order chi connectivity index (χ0) is 14.1. The van der Waals surface area contributed by atoms with Gasteiger partial charge in [0.25, 0.3) is 0 Å². The molecule has 1 aliphatic rings. The minimum Gasteiger partial charge on any atom is -0.507 e. The summed E-state index contributed by atoms with van der Waals surface area (Å²) < 4.78 is 0.759. The lowest BCUT2D eigenvalue weighted by molar-refractivity contribution is 0.470. The van der Waals surface area contributed by atoms with Gasteiger partial charge < -0.3 is 16.2 Å². The molecule has 4 heteroatoms. The van der Waals surface area contributed by atoms with Gasteiger partial charge in [-0.05, 0) is 69.9 Å². The zero-order valence-corrected chi connectivity index (χ0v) is 12.7. The van der Waals surface area contributed by atoms with Crippen molar-refractivity contribution in [3.05, 3.63) is 57.6 Å². The van der Waals surface area contributed by atoms with E-state index in [-0.39, 0.29) is 5.92 Å². The van der Waals surface area contributed by atoms with Crippen molar-refractivity contribution in [2.75, 3.05) is 18.8 Å². The molecule has 1 heterocycles. The van der Waals surface area contributed by atoms with E-state index in [1.165, 1.54) is 16.7 Å². The molecule has 0 spiro atoms. The highest BCUT2D eigenvalue weighted by Gasteiger charge is 2.21. The Morgan fingerprint density at radius 1 is 1.20 bits per heavy atom. The van der Waals surface area contributed by atoms with Crippen molar-refractivity contribution >= 4 is 21.6 Å². The maximum atomic E-state index is 9.99. The minimum atomic E-state index is 0.243. The fraction of sp³-hybridized carbons (Fsp3) is 0.250. The third-order valence-electron chi connectivity index (χ3n) is 3.84. The van der Waals surface area contributed by atoms with Gasteiger partial charge in [-0.1, -0.05) is 12.1 Å². The van der Waals surface area contributed by atoms with Crippen LogP contribution in [0.5, 0.6) is 5.75 Å². The number of phenols is 1. The molecule has 2 aromatic rings. The molecule has 0 aliphatic carbocycles. The van der Waals surface area contributed by atoms with Crippen molar-refractivity contribution in [3.63, 3.8) is 0 Å². The second-order valence-electron chi connectivity index (χ2n) is 5.18. The Morgan fingerprint density at radius 3 is 2.70 bits per heavy atom. The van der Waals surface area contributed by atoms with E-state index in [1.54, 1.807) is 0 Å². The van der Waals surface area contributed by atoms with E-state index in [9.17, 15) is 5.11 Å². The molecular weight excluding hydrogens is 316 g/mol. The number of anilines is 1. The summed E-state index contributed by atoms with van der Waals surface area (Å²) in [5.74, 6) is 0.540. The first-order valence-electron chi connectivity index (χ1n) is 6.72. The van der Waals surface area contributed by atoms with Crippen molar-refractivity contribution in [2.45, 2.75) is 12.3 Å². The van der Waals surface area contributed by atoms with Crippen molar-refractivity contribution in [1.29, 1.82) is 0 Å². The van der Waals surface area contributed by atoms with Crippen LogP contribution in [0.2, 0.25) is 0 Å². The van der Waals surface area contributed by atoms with Crippen LogP contribution in [0, 0.1) is 0 Å². The van der Waals surface area contributed by atoms with E-state index in [2.05, 4.69) is 33.4 Å². The van der Waals surface area contributed by atoms with Gasteiger partial charge in [-0.15, -0.1) is 0 Å². The monoisotopic (exact) mass is 332 g/mol. The van der Waals surface area contributed by atoms with Crippen LogP contribution in [0.3, 0.4) is 0 Å². The summed E-state index contributed by atoms with van der Waals surface area (Å²) in [6.45, 7) is 1.83. The second-order valence-corrected chi connectivity index (χ2v) is 6.03. The van der Waals surface area contributed by atoms with Gasteiger partial charge in [-0.3, -0.25) is 0 Å². The van der Waals surface area contributed by atoms with E-state index in [0.29, 0.717) is 5.75 Å². The van der Waals surface area contributed by atoms with Gasteiger partial charge >= 0.3 is 0 Å². The second kappa shape index (κ2) is 5.46. The Hall–Kier alpha value is -1.52. The summed E-state index contributed by atoms with van der Waals surface area (Å²) in [6, 6.07) is 11.9. The summed E-state index contributed by atoms with van der Waals surface area (Å²) in [5, 5.41) is 13.5. The molecule has 1 unspecified atom stereocenters. The van der Waals surface area contributed by atoms with Crippen LogP contribution in [0.25, 0.3) is 0 Å². The number of hydrogen-bond donors (Lipinski definition) is 3. The minimum absolute atomic E-state index is 0.243. The van der Waals surface area contributed by atoms with Gasteiger partial charge in [-0.25, -0.2) is 0 Å². The number of phenolic OH excluding ortho intramolecular Hbond substituents is 1. The summed E-state index contributed by atoms with van der Waals surface area (Å²) >= 11 is 3.40. The predicted octanol–water partition coefficient (Wildman–Crippen LogP) is 3.01. The first-order chi connectivity index (χ1) is 9.65. The van der Waals surface area contributed by atoms with Crippen LogP contribution in [-0.4, -0.2) is 18.2 Å². The lowest BCUT2D eigenvalue weighted by atomic mass is 9.88. The van der Waals surface area contributed by atoms with E-state index in [1.807, 2.05) is 24.3 Å². The molecule has 2 aromatic carbocycles.